The molecule has 0 aromatic rings. The van der Waals surface area contributed by atoms with E-state index >= 15 is 0 Å². The van der Waals surface area contributed by atoms with Gasteiger partial charge in [0.25, 0.3) is 0 Å². The fourth-order valence-electron chi connectivity index (χ4n) is 2.13. The molecule has 20 heavy (non-hydrogen) atoms. The Morgan fingerprint density at radius 3 is 1.55 bits per heavy atom. The van der Waals surface area contributed by atoms with Crippen molar-refractivity contribution in [2.45, 2.75) is 77.9 Å². The molecule has 7 heteroatoms. The summed E-state index contributed by atoms with van der Waals surface area (Å²) in [5.74, 6) is -1.06. The summed E-state index contributed by atoms with van der Waals surface area (Å²) < 4.78 is 18.2. The normalized spacial score (nSPS) is 14.7. The minimum absolute atomic E-state index is 0.538. The maximum Gasteiger partial charge on any atom is 0.314 e. The lowest BCUT2D eigenvalue weighted by Crippen LogP contribution is -2.52. The predicted octanol–water partition coefficient (Wildman–Crippen LogP) is 3.90. The van der Waals surface area contributed by atoms with E-state index in [-0.39, 0.29) is 0 Å². The van der Waals surface area contributed by atoms with Gasteiger partial charge in [0.2, 0.25) is 0 Å². The summed E-state index contributed by atoms with van der Waals surface area (Å²) in [6, 6.07) is 0.914. The van der Waals surface area contributed by atoms with Gasteiger partial charge in [-0.05, 0) is 72.1 Å². The van der Waals surface area contributed by atoms with Crippen molar-refractivity contribution in [3.63, 3.8) is 0 Å². The van der Waals surface area contributed by atoms with E-state index < -0.39 is 31.0 Å². The molecule has 0 bridgehead atoms. The van der Waals surface area contributed by atoms with E-state index in [4.69, 9.17) is 13.0 Å². The Morgan fingerprint density at radius 1 is 0.850 bits per heavy atom. The molecule has 0 aliphatic rings. The molecule has 0 aromatic carbocycles. The van der Waals surface area contributed by atoms with Crippen molar-refractivity contribution >= 4 is 25.2 Å². The lowest BCUT2D eigenvalue weighted by molar-refractivity contribution is -0.175. The van der Waals surface area contributed by atoms with Crippen LogP contribution in [0.5, 0.6) is 0 Å². The van der Waals surface area contributed by atoms with Crippen molar-refractivity contribution in [3.05, 3.63) is 0 Å². The first-order valence-electron chi connectivity index (χ1n) is 7.39. The molecule has 0 spiro atoms. The van der Waals surface area contributed by atoms with Gasteiger partial charge in [-0.25, -0.2) is 0 Å². The smallest absolute Gasteiger partial charge is 0.314 e. The van der Waals surface area contributed by atoms with Crippen LogP contribution in [-0.2, 0) is 13.0 Å². The van der Waals surface area contributed by atoms with Gasteiger partial charge in [-0.3, -0.25) is 0 Å². The van der Waals surface area contributed by atoms with Crippen molar-refractivity contribution in [3.8, 4) is 0 Å². The van der Waals surface area contributed by atoms with Gasteiger partial charge in [-0.15, -0.1) is 0 Å². The molecule has 0 fully saturated rings. The first kappa shape index (κ1) is 20.5. The number of ether oxygens (including phenoxy) is 1. The zero-order chi connectivity index (χ0) is 16.2. The van der Waals surface area contributed by atoms with Crippen molar-refractivity contribution in [2.75, 3.05) is 6.61 Å². The third-order valence-electron chi connectivity index (χ3n) is 2.27. The molecule has 4 nitrogen and oxygen atoms in total. The molecule has 0 atom stereocenters. The van der Waals surface area contributed by atoms with Crippen LogP contribution in [0.3, 0.4) is 0 Å². The van der Waals surface area contributed by atoms with Gasteiger partial charge in [0, 0.05) is 6.61 Å². The Hall–Kier alpha value is 0.491. The zero-order valence-electron chi connectivity index (χ0n) is 14.8. The van der Waals surface area contributed by atoms with Gasteiger partial charge in [-0.1, -0.05) is 0 Å². The average Bonchev–Trinajstić information content (AvgIpc) is 2.04. The van der Waals surface area contributed by atoms with E-state index in [0.717, 1.165) is 12.5 Å². The molecule has 0 heterocycles. The van der Waals surface area contributed by atoms with Crippen molar-refractivity contribution in [1.82, 2.24) is 0 Å². The van der Waals surface area contributed by atoms with Crippen LogP contribution in [-0.4, -0.2) is 42.7 Å². The minimum atomic E-state index is -2.15. The summed E-state index contributed by atoms with van der Waals surface area (Å²) in [5.41, 5.74) is 0. The molecule has 0 amide bonds. The van der Waals surface area contributed by atoms with Crippen LogP contribution in [0, 0.1) is 0 Å². The van der Waals surface area contributed by atoms with E-state index in [1.165, 1.54) is 0 Å². The average molecular weight is 339 g/mol. The highest BCUT2D eigenvalue weighted by Crippen LogP contribution is 2.25. The molecular weight excluding hydrogens is 304 g/mol. The summed E-state index contributed by atoms with van der Waals surface area (Å²) >= 11 is 0. The van der Waals surface area contributed by atoms with Gasteiger partial charge < -0.3 is 18.1 Å². The highest BCUT2D eigenvalue weighted by molar-refractivity contribution is 6.87. The quantitative estimate of drug-likeness (QED) is 0.393. The summed E-state index contributed by atoms with van der Waals surface area (Å²) in [5, 5.41) is 9.56. The molecule has 0 saturated heterocycles. The maximum absolute atomic E-state index is 9.56. The molecule has 0 aliphatic carbocycles. The second-order valence-electron chi connectivity index (χ2n) is 7.96. The molecule has 0 aromatic heterocycles. The number of hydrogen-bond acceptors (Lipinski definition) is 4. The fourth-order valence-corrected chi connectivity index (χ4v) is 14.6. The fraction of sp³-hybridized carbons (Fsp3) is 1.00. The Bertz CT molecular complexity index is 273. The van der Waals surface area contributed by atoms with Crippen LogP contribution >= 0.6 is 0 Å². The molecular formula is C13H34O4Si3. The first-order chi connectivity index (χ1) is 8.62. The molecule has 0 unspecified atom stereocenters. The van der Waals surface area contributed by atoms with E-state index in [0.29, 0.717) is 6.61 Å². The second kappa shape index (κ2) is 7.17. The number of aliphatic hydroxyl groups is 1. The largest absolute Gasteiger partial charge is 0.437 e. The van der Waals surface area contributed by atoms with Crippen LogP contribution in [0.15, 0.2) is 0 Å². The highest BCUT2D eigenvalue weighted by Gasteiger charge is 2.39. The Balaban J connectivity index is 4.54. The summed E-state index contributed by atoms with van der Waals surface area (Å²) in [7, 11) is -5.40. The second-order valence-corrected chi connectivity index (χ2v) is 20.8. The minimum Gasteiger partial charge on any atom is -0.437 e. The van der Waals surface area contributed by atoms with E-state index in [1.807, 2.05) is 0 Å². The van der Waals surface area contributed by atoms with Gasteiger partial charge in [-0.2, -0.15) is 0 Å². The molecule has 0 saturated carbocycles. The predicted molar refractivity (Wildman–Crippen MR) is 92.2 cm³/mol. The lowest BCUT2D eigenvalue weighted by atomic mass is 10.4. The van der Waals surface area contributed by atoms with Crippen LogP contribution < -0.4 is 0 Å². The number of rotatable bonds is 9. The van der Waals surface area contributed by atoms with E-state index in [1.54, 1.807) is 13.8 Å². The standard InChI is InChI=1S/C13H34O4Si3/c1-13(2,14)15-11-10-12-20(9,16-18(3,4)5)17-19(6,7)8/h14H,10-12H2,1-9H3. The Morgan fingerprint density at radius 2 is 1.25 bits per heavy atom. The van der Waals surface area contributed by atoms with Crippen LogP contribution in [0.4, 0.5) is 0 Å². The molecule has 0 rings (SSSR count). The Labute approximate surface area is 128 Å². The topological polar surface area (TPSA) is 47.9 Å². The van der Waals surface area contributed by atoms with Gasteiger partial charge in [0.05, 0.1) is 0 Å². The van der Waals surface area contributed by atoms with Gasteiger partial charge in [0.15, 0.2) is 22.4 Å². The van der Waals surface area contributed by atoms with Gasteiger partial charge in [0.1, 0.15) is 0 Å². The third kappa shape index (κ3) is 12.2. The molecule has 0 aliphatic heterocycles. The number of hydrogen-bond donors (Lipinski definition) is 1. The zero-order valence-corrected chi connectivity index (χ0v) is 17.8. The third-order valence-corrected chi connectivity index (χ3v) is 11.9. The van der Waals surface area contributed by atoms with E-state index in [2.05, 4.69) is 45.8 Å². The van der Waals surface area contributed by atoms with Crippen LogP contribution in [0.2, 0.25) is 51.9 Å². The molecule has 1 N–H and O–H groups in total. The van der Waals surface area contributed by atoms with Crippen molar-refractivity contribution in [2.24, 2.45) is 0 Å². The first-order valence-corrected chi connectivity index (χ1v) is 16.7. The van der Waals surface area contributed by atoms with Gasteiger partial charge >= 0.3 is 8.56 Å². The summed E-state index contributed by atoms with van der Waals surface area (Å²) in [6.45, 7) is 19.3. The van der Waals surface area contributed by atoms with E-state index in [9.17, 15) is 5.11 Å². The highest BCUT2D eigenvalue weighted by atomic mass is 28.5. The Kier molecular flexibility index (Phi) is 7.34. The molecule has 0 radical (unpaired) electrons. The monoisotopic (exact) mass is 338 g/mol. The van der Waals surface area contributed by atoms with Crippen molar-refractivity contribution in [1.29, 1.82) is 0 Å². The molecule has 122 valence electrons. The summed E-state index contributed by atoms with van der Waals surface area (Å²) in [6.07, 6.45) is 0.863. The van der Waals surface area contributed by atoms with Crippen LogP contribution in [0.25, 0.3) is 0 Å². The SMILES string of the molecule is CC(C)(O)OCCC[Si](C)(O[Si](C)(C)C)O[Si](C)(C)C. The maximum atomic E-state index is 9.56. The van der Waals surface area contributed by atoms with Crippen molar-refractivity contribution < 1.29 is 18.1 Å². The lowest BCUT2D eigenvalue weighted by Gasteiger charge is -2.38. The van der Waals surface area contributed by atoms with Crippen LogP contribution in [0.1, 0.15) is 20.3 Å². The summed E-state index contributed by atoms with van der Waals surface area (Å²) in [4.78, 5) is 0.